The zero-order chi connectivity index (χ0) is 13.2. The molecule has 2 aromatic carbocycles. The standard InChI is InChI=1S/C16H14O3/c1-18-13-7-4-6-12(9-13)16(17)15-10-11-5-2-3-8-14(11)19-15/h2-10,16-17H,1H3. The van der Waals surface area contributed by atoms with Crippen LogP contribution in [-0.2, 0) is 0 Å². The van der Waals surface area contributed by atoms with Gasteiger partial charge in [-0.15, -0.1) is 0 Å². The van der Waals surface area contributed by atoms with Crippen LogP contribution in [0, 0.1) is 0 Å². The summed E-state index contributed by atoms with van der Waals surface area (Å²) >= 11 is 0. The number of benzene rings is 2. The van der Waals surface area contributed by atoms with Crippen LogP contribution in [0.4, 0.5) is 0 Å². The minimum atomic E-state index is -0.789. The molecule has 1 atom stereocenters. The van der Waals surface area contributed by atoms with Crippen LogP contribution in [0.5, 0.6) is 5.75 Å². The van der Waals surface area contributed by atoms with Crippen molar-refractivity contribution in [1.82, 2.24) is 0 Å². The molecule has 0 saturated heterocycles. The molecule has 0 aliphatic heterocycles. The number of para-hydroxylation sites is 1. The predicted octanol–water partition coefficient (Wildman–Crippen LogP) is 3.52. The lowest BCUT2D eigenvalue weighted by molar-refractivity contribution is 0.192. The van der Waals surface area contributed by atoms with E-state index in [9.17, 15) is 5.11 Å². The summed E-state index contributed by atoms with van der Waals surface area (Å²) in [4.78, 5) is 0. The van der Waals surface area contributed by atoms with Crippen molar-refractivity contribution in [2.24, 2.45) is 0 Å². The fraction of sp³-hybridized carbons (Fsp3) is 0.125. The lowest BCUT2D eigenvalue weighted by Crippen LogP contribution is -1.98. The second-order valence-corrected chi connectivity index (χ2v) is 4.37. The fourth-order valence-electron chi connectivity index (χ4n) is 2.11. The van der Waals surface area contributed by atoms with Gasteiger partial charge in [-0.2, -0.15) is 0 Å². The summed E-state index contributed by atoms with van der Waals surface area (Å²) in [7, 11) is 1.60. The van der Waals surface area contributed by atoms with Crippen molar-refractivity contribution in [3.63, 3.8) is 0 Å². The maximum Gasteiger partial charge on any atom is 0.138 e. The van der Waals surface area contributed by atoms with Gasteiger partial charge in [-0.3, -0.25) is 0 Å². The quantitative estimate of drug-likeness (QED) is 0.777. The van der Waals surface area contributed by atoms with Crippen LogP contribution in [0.3, 0.4) is 0 Å². The van der Waals surface area contributed by atoms with Crippen molar-refractivity contribution in [2.75, 3.05) is 7.11 Å². The molecule has 3 heteroatoms. The number of hydrogen-bond donors (Lipinski definition) is 1. The molecule has 1 heterocycles. The summed E-state index contributed by atoms with van der Waals surface area (Å²) in [6.45, 7) is 0. The summed E-state index contributed by atoms with van der Waals surface area (Å²) in [5, 5.41) is 11.3. The van der Waals surface area contributed by atoms with Crippen molar-refractivity contribution in [3.05, 3.63) is 65.9 Å². The van der Waals surface area contributed by atoms with E-state index in [2.05, 4.69) is 0 Å². The van der Waals surface area contributed by atoms with Crippen LogP contribution in [0.15, 0.2) is 59.0 Å². The van der Waals surface area contributed by atoms with Crippen molar-refractivity contribution in [3.8, 4) is 5.75 Å². The third-order valence-electron chi connectivity index (χ3n) is 3.12. The van der Waals surface area contributed by atoms with Gasteiger partial charge in [-0.1, -0.05) is 30.3 Å². The molecule has 96 valence electrons. The molecule has 0 aliphatic carbocycles. The number of methoxy groups -OCH3 is 1. The Morgan fingerprint density at radius 1 is 1.05 bits per heavy atom. The first-order chi connectivity index (χ1) is 9.28. The predicted molar refractivity (Wildman–Crippen MR) is 73.3 cm³/mol. The van der Waals surface area contributed by atoms with E-state index in [-0.39, 0.29) is 0 Å². The third kappa shape index (κ3) is 2.20. The Hall–Kier alpha value is -2.26. The summed E-state index contributed by atoms with van der Waals surface area (Å²) in [6, 6.07) is 16.9. The summed E-state index contributed by atoms with van der Waals surface area (Å²) in [5.74, 6) is 1.25. The maximum absolute atomic E-state index is 10.4. The summed E-state index contributed by atoms with van der Waals surface area (Å²) < 4.78 is 10.8. The van der Waals surface area contributed by atoms with E-state index in [0.717, 1.165) is 16.5 Å². The normalized spacial score (nSPS) is 12.5. The van der Waals surface area contributed by atoms with Crippen LogP contribution in [0.25, 0.3) is 11.0 Å². The summed E-state index contributed by atoms with van der Waals surface area (Å²) in [6.07, 6.45) is -0.789. The number of ether oxygens (including phenoxy) is 1. The van der Waals surface area contributed by atoms with E-state index in [1.54, 1.807) is 13.2 Å². The molecule has 3 rings (SSSR count). The Morgan fingerprint density at radius 3 is 2.68 bits per heavy atom. The first-order valence-corrected chi connectivity index (χ1v) is 6.08. The van der Waals surface area contributed by atoms with E-state index in [4.69, 9.17) is 9.15 Å². The Labute approximate surface area is 111 Å². The van der Waals surface area contributed by atoms with Crippen molar-refractivity contribution in [2.45, 2.75) is 6.10 Å². The molecule has 0 spiro atoms. The second-order valence-electron chi connectivity index (χ2n) is 4.37. The minimum Gasteiger partial charge on any atom is -0.497 e. The Balaban J connectivity index is 2.00. The van der Waals surface area contributed by atoms with Crippen LogP contribution >= 0.6 is 0 Å². The van der Waals surface area contributed by atoms with Gasteiger partial charge in [-0.05, 0) is 29.8 Å². The minimum absolute atomic E-state index is 0.537. The molecule has 1 N–H and O–H groups in total. The van der Waals surface area contributed by atoms with E-state index in [0.29, 0.717) is 11.5 Å². The van der Waals surface area contributed by atoms with Crippen LogP contribution < -0.4 is 4.74 Å². The average molecular weight is 254 g/mol. The summed E-state index contributed by atoms with van der Waals surface area (Å²) in [5.41, 5.74) is 1.53. The number of aliphatic hydroxyl groups is 1. The third-order valence-corrected chi connectivity index (χ3v) is 3.12. The lowest BCUT2D eigenvalue weighted by Gasteiger charge is -2.09. The van der Waals surface area contributed by atoms with Gasteiger partial charge < -0.3 is 14.3 Å². The van der Waals surface area contributed by atoms with Crippen molar-refractivity contribution < 1.29 is 14.3 Å². The van der Waals surface area contributed by atoms with Gasteiger partial charge >= 0.3 is 0 Å². The van der Waals surface area contributed by atoms with E-state index in [1.807, 2.05) is 48.5 Å². The number of furan rings is 1. The van der Waals surface area contributed by atoms with Crippen LogP contribution in [0.2, 0.25) is 0 Å². The van der Waals surface area contributed by atoms with E-state index >= 15 is 0 Å². The highest BCUT2D eigenvalue weighted by Crippen LogP contribution is 2.29. The largest absolute Gasteiger partial charge is 0.497 e. The van der Waals surface area contributed by atoms with Crippen LogP contribution in [0.1, 0.15) is 17.4 Å². The Kier molecular flexibility index (Phi) is 2.97. The van der Waals surface area contributed by atoms with Crippen molar-refractivity contribution in [1.29, 1.82) is 0 Å². The number of fused-ring (bicyclic) bond motifs is 1. The van der Waals surface area contributed by atoms with E-state index < -0.39 is 6.10 Å². The van der Waals surface area contributed by atoms with Crippen LogP contribution in [-0.4, -0.2) is 12.2 Å². The molecule has 0 saturated carbocycles. The first-order valence-electron chi connectivity index (χ1n) is 6.08. The molecule has 0 fully saturated rings. The van der Waals surface area contributed by atoms with Crippen molar-refractivity contribution >= 4 is 11.0 Å². The topological polar surface area (TPSA) is 42.6 Å². The average Bonchev–Trinajstić information content (AvgIpc) is 2.90. The zero-order valence-electron chi connectivity index (χ0n) is 10.5. The molecule has 0 amide bonds. The lowest BCUT2D eigenvalue weighted by atomic mass is 10.1. The first kappa shape index (κ1) is 11.8. The molecule has 0 bridgehead atoms. The van der Waals surface area contributed by atoms with Gasteiger partial charge in [0, 0.05) is 5.39 Å². The second kappa shape index (κ2) is 4.78. The maximum atomic E-state index is 10.4. The molecular formula is C16H14O3. The van der Waals surface area contributed by atoms with E-state index in [1.165, 1.54) is 0 Å². The molecular weight excluding hydrogens is 240 g/mol. The Bertz CT molecular complexity index is 667. The molecule has 0 aliphatic rings. The Morgan fingerprint density at radius 2 is 1.89 bits per heavy atom. The zero-order valence-corrected chi connectivity index (χ0v) is 10.5. The monoisotopic (exact) mass is 254 g/mol. The molecule has 1 aromatic heterocycles. The molecule has 0 radical (unpaired) electrons. The number of aliphatic hydroxyl groups excluding tert-OH is 1. The highest BCUT2D eigenvalue weighted by molar-refractivity contribution is 5.77. The van der Waals surface area contributed by atoms with Gasteiger partial charge in [0.1, 0.15) is 23.2 Å². The van der Waals surface area contributed by atoms with Gasteiger partial charge in [0.15, 0.2) is 0 Å². The smallest absolute Gasteiger partial charge is 0.138 e. The van der Waals surface area contributed by atoms with Gasteiger partial charge in [0.05, 0.1) is 7.11 Å². The highest BCUT2D eigenvalue weighted by atomic mass is 16.5. The number of hydrogen-bond acceptors (Lipinski definition) is 3. The molecule has 3 nitrogen and oxygen atoms in total. The fourth-order valence-corrected chi connectivity index (χ4v) is 2.11. The van der Waals surface area contributed by atoms with Gasteiger partial charge in [0.2, 0.25) is 0 Å². The number of rotatable bonds is 3. The highest BCUT2D eigenvalue weighted by Gasteiger charge is 2.15. The van der Waals surface area contributed by atoms with Gasteiger partial charge in [0.25, 0.3) is 0 Å². The molecule has 19 heavy (non-hydrogen) atoms. The van der Waals surface area contributed by atoms with Gasteiger partial charge in [-0.25, -0.2) is 0 Å². The SMILES string of the molecule is COc1cccc(C(O)c2cc3ccccc3o2)c1. The molecule has 3 aromatic rings. The molecule has 1 unspecified atom stereocenters.